The summed E-state index contributed by atoms with van der Waals surface area (Å²) >= 11 is 0. The van der Waals surface area contributed by atoms with E-state index in [4.69, 9.17) is 0 Å². The van der Waals surface area contributed by atoms with Crippen molar-refractivity contribution in [2.45, 2.75) is 0 Å². The molecule has 0 heterocycles. The monoisotopic (exact) mass is 454 g/mol. The Morgan fingerprint density at radius 1 is 0.364 bits per heavy atom. The molecule has 11 heavy (non-hydrogen) atoms. The van der Waals surface area contributed by atoms with Crippen LogP contribution < -0.4 is 0 Å². The molecule has 0 atom stereocenters. The van der Waals surface area contributed by atoms with Gasteiger partial charge in [-0.1, -0.05) is 0 Å². The first-order chi connectivity index (χ1) is 0. The van der Waals surface area contributed by atoms with Gasteiger partial charge in [0, 0.05) is 52.1 Å². The molecule has 0 N–H and O–H groups in total. The Morgan fingerprint density at radius 2 is 0.364 bits per heavy atom. The fourth-order valence-corrected chi connectivity index (χ4v) is 0. The third-order valence-corrected chi connectivity index (χ3v) is 0. The van der Waals surface area contributed by atoms with Crippen molar-refractivity contribution < 1.29 is 102 Å². The van der Waals surface area contributed by atoms with Gasteiger partial charge in [0.05, 0.1) is 0 Å². The molecule has 11 heteroatoms. The maximum Gasteiger partial charge on any atom is 2.00 e. The van der Waals surface area contributed by atoms with Crippen molar-refractivity contribution in [2.75, 3.05) is 0 Å². The van der Waals surface area contributed by atoms with Gasteiger partial charge < -0.3 is 12.3 Å². The summed E-state index contributed by atoms with van der Waals surface area (Å²) in [5.41, 5.74) is 0. The van der Waals surface area contributed by atoms with E-state index < -0.39 is 0 Å². The van der Waals surface area contributed by atoms with Gasteiger partial charge in [0.15, 0.2) is 0 Å². The molecule has 2 nitrogen and oxygen atoms in total. The molecule has 0 amide bonds. The van der Waals surface area contributed by atoms with Crippen LogP contribution in [0.1, 0.15) is 0 Å². The number of hydrogen-bond acceptors (Lipinski definition) is 0. The third-order valence-electron chi connectivity index (χ3n) is 0. The maximum absolute atomic E-state index is 0. The number of hydrogen-bond donors (Lipinski definition) is 0. The van der Waals surface area contributed by atoms with Gasteiger partial charge >= 0.3 is 49.5 Å². The van der Waals surface area contributed by atoms with E-state index in [0.29, 0.717) is 0 Å². The fraction of sp³-hybridized carbons (Fsp3) is 0. The van der Waals surface area contributed by atoms with Crippen LogP contribution in [0.25, 0.3) is 12.3 Å². The quantitative estimate of drug-likeness (QED) is 0.336. The summed E-state index contributed by atoms with van der Waals surface area (Å²) in [4.78, 5) is 0. The van der Waals surface area contributed by atoms with Crippen molar-refractivity contribution in [1.29, 1.82) is 0 Å². The Balaban J connectivity index is 0. The third kappa shape index (κ3) is 139. The molecule has 0 aliphatic carbocycles. The van der Waals surface area contributed by atoms with Crippen LogP contribution in [0.4, 0.5) is 0 Å². The Hall–Kier alpha value is 3.65. The van der Waals surface area contributed by atoms with E-state index in [9.17, 15) is 0 Å². The minimum absolute atomic E-state index is 0. The van der Waals surface area contributed by atoms with E-state index in [1.165, 1.54) is 0 Å². The number of nitrogens with zero attached hydrogens (tertiary/aromatic N) is 2. The van der Waals surface area contributed by atoms with Crippen LogP contribution in [0.2, 0.25) is 0 Å². The van der Waals surface area contributed by atoms with Crippen LogP contribution in [0, 0.1) is 0 Å². The predicted molar refractivity (Wildman–Crippen MR) is 40.7 cm³/mol. The summed E-state index contributed by atoms with van der Waals surface area (Å²) in [5.74, 6) is 0. The Labute approximate surface area is 145 Å². The molecular formula is H12Cr3N2Ni3Si3. The summed E-state index contributed by atoms with van der Waals surface area (Å²) in [5, 5.41) is 0. The van der Waals surface area contributed by atoms with E-state index in [0.717, 1.165) is 0 Å². The van der Waals surface area contributed by atoms with E-state index in [2.05, 4.69) is 0 Å². The van der Waals surface area contributed by atoms with Gasteiger partial charge in [-0.2, -0.15) is 0 Å². The molecule has 0 unspecified atom stereocenters. The van der Waals surface area contributed by atoms with Gasteiger partial charge in [-0.3, -0.25) is 0 Å². The van der Waals surface area contributed by atoms with Crippen LogP contribution in [-0.4, -0.2) is 32.9 Å². The van der Waals surface area contributed by atoms with Crippen LogP contribution in [0.5, 0.6) is 0 Å². The molecular weight excluding hydrogens is 444 g/mol. The maximum atomic E-state index is 0. The van der Waals surface area contributed by atoms with Crippen molar-refractivity contribution in [2.24, 2.45) is 0 Å². The second kappa shape index (κ2) is 164. The van der Waals surface area contributed by atoms with Crippen LogP contribution in [0.3, 0.4) is 0 Å². The molecule has 0 fully saturated rings. The molecule has 0 aromatic heterocycles. The Kier molecular flexibility index (Phi) is 3060. The molecule has 0 aliphatic rings. The molecule has 0 radical (unpaired) electrons. The summed E-state index contributed by atoms with van der Waals surface area (Å²) in [6.07, 6.45) is 0. The Morgan fingerprint density at radius 3 is 0.364 bits per heavy atom. The molecule has 82 valence electrons. The Bertz CT molecular complexity index is 21.8. The minimum Gasteiger partial charge on any atom is -3.00 e. The van der Waals surface area contributed by atoms with Crippen molar-refractivity contribution in [3.8, 4) is 0 Å². The van der Waals surface area contributed by atoms with Crippen LogP contribution in [0.15, 0.2) is 0 Å². The first-order valence-electron chi connectivity index (χ1n) is 0. The van der Waals surface area contributed by atoms with Gasteiger partial charge in [-0.15, -0.1) is 0 Å². The first kappa shape index (κ1) is 205. The summed E-state index contributed by atoms with van der Waals surface area (Å²) in [6, 6.07) is 0. The fourth-order valence-electron chi connectivity index (χ4n) is 0. The number of rotatable bonds is 0. The summed E-state index contributed by atoms with van der Waals surface area (Å²) < 4.78 is 0. The van der Waals surface area contributed by atoms with Gasteiger partial charge in [-0.25, -0.2) is 0 Å². The molecule has 0 saturated carbocycles. The first-order valence-corrected chi connectivity index (χ1v) is 0. The smallest absolute Gasteiger partial charge is 2.00 e. The van der Waals surface area contributed by atoms with Gasteiger partial charge in [0.1, 0.15) is 0 Å². The standard InChI is InChI=1S/3Cr.2N.3Ni.3H4Si/h;;;;;;;;3*1H4/q;;;2*-3;3*+2;;;. The predicted octanol–water partition coefficient (Wildman–Crippen LogP) is -3.79. The van der Waals surface area contributed by atoms with Gasteiger partial charge in [-0.05, 0) is 32.9 Å². The van der Waals surface area contributed by atoms with E-state index in [-0.39, 0.29) is 147 Å². The topological polar surface area (TPSA) is 61.0 Å². The zero-order valence-electron chi connectivity index (χ0n) is 3.07. The molecule has 0 aliphatic heterocycles. The molecule has 0 bridgehead atoms. The SMILES string of the molecule is [Cr].[Cr].[Cr].[N-3].[N-3].[Ni+2].[Ni+2].[Ni+2].[SiH4].[SiH4].[SiH4]. The second-order valence-corrected chi connectivity index (χ2v) is 0. The van der Waals surface area contributed by atoms with Crippen LogP contribution >= 0.6 is 0 Å². The van der Waals surface area contributed by atoms with E-state index in [1.807, 2.05) is 0 Å². The van der Waals surface area contributed by atoms with Crippen molar-refractivity contribution in [3.63, 3.8) is 0 Å². The summed E-state index contributed by atoms with van der Waals surface area (Å²) in [7, 11) is 0. The molecule has 0 aromatic carbocycles. The molecule has 0 aromatic rings. The molecule has 0 rings (SSSR count). The van der Waals surface area contributed by atoms with Crippen molar-refractivity contribution in [1.82, 2.24) is 0 Å². The largest absolute Gasteiger partial charge is 3.00 e. The van der Waals surface area contributed by atoms with Gasteiger partial charge in [0.25, 0.3) is 0 Å². The van der Waals surface area contributed by atoms with Crippen LogP contribution in [-0.2, 0) is 102 Å². The van der Waals surface area contributed by atoms with Crippen molar-refractivity contribution in [3.05, 3.63) is 12.3 Å². The average Bonchev–Trinajstić information content (AvgIpc) is 0. The van der Waals surface area contributed by atoms with Gasteiger partial charge in [0.2, 0.25) is 0 Å². The normalized spacial score (nSPS) is 0. The van der Waals surface area contributed by atoms with E-state index in [1.54, 1.807) is 0 Å². The van der Waals surface area contributed by atoms with Crippen molar-refractivity contribution >= 4 is 32.9 Å². The zero-order valence-corrected chi connectivity index (χ0v) is 9.86. The minimum atomic E-state index is 0. The zero-order chi connectivity index (χ0) is 0. The molecule has 0 spiro atoms. The second-order valence-electron chi connectivity index (χ2n) is 0. The molecule has 0 saturated heterocycles. The average molecular weight is 456 g/mol. The van der Waals surface area contributed by atoms with E-state index >= 15 is 0 Å². The summed E-state index contributed by atoms with van der Waals surface area (Å²) in [6.45, 7) is 0.